The maximum Gasteiger partial charge on any atom is 0.239 e. The first-order valence-electron chi connectivity index (χ1n) is 4.91. The summed E-state index contributed by atoms with van der Waals surface area (Å²) >= 11 is 0. The van der Waals surface area contributed by atoms with E-state index in [0.29, 0.717) is 16.3 Å². The van der Waals surface area contributed by atoms with Gasteiger partial charge in [0.25, 0.3) is 0 Å². The van der Waals surface area contributed by atoms with Crippen LogP contribution in [0.15, 0.2) is 41.5 Å². The molecule has 0 aliphatic rings. The minimum atomic E-state index is -0.0348. The van der Waals surface area contributed by atoms with Gasteiger partial charge in [0.15, 0.2) is 11.6 Å². The molecule has 2 heterocycles. The van der Waals surface area contributed by atoms with Gasteiger partial charge >= 0.3 is 0 Å². The Bertz CT molecular complexity index is 752. The van der Waals surface area contributed by atoms with Crippen molar-refractivity contribution in [1.82, 2.24) is 4.98 Å². The number of fused-ring (bicyclic) bond motifs is 3. The number of hydrogen-bond donors (Lipinski definition) is 2. The average Bonchev–Trinajstić information content (AvgIpc) is 2.30. The molecule has 1 aromatic carbocycles. The largest absolute Gasteiger partial charge is 1.00 e. The summed E-state index contributed by atoms with van der Waals surface area (Å²) in [7, 11) is 0. The molecule has 2 aromatic heterocycles. The van der Waals surface area contributed by atoms with Crippen molar-refractivity contribution in [3.8, 4) is 5.75 Å². The second kappa shape index (κ2) is 4.07. The molecule has 0 bridgehead atoms. The number of aromatic amines is 2. The van der Waals surface area contributed by atoms with E-state index in [2.05, 4.69) is 9.97 Å². The molecular formula is C12H9ClN2O2. The predicted molar refractivity (Wildman–Crippen MR) is 60.3 cm³/mol. The third kappa shape index (κ3) is 1.62. The van der Waals surface area contributed by atoms with Crippen LogP contribution in [0, 0.1) is 0 Å². The number of aromatic nitrogens is 2. The number of nitrogens with one attached hydrogen (secondary N) is 2. The normalized spacial score (nSPS) is 10.4. The summed E-state index contributed by atoms with van der Waals surface area (Å²) in [5.41, 5.74) is 1.41. The summed E-state index contributed by atoms with van der Waals surface area (Å²) in [4.78, 5) is 17.7. The van der Waals surface area contributed by atoms with Gasteiger partial charge in [0.05, 0.1) is 10.8 Å². The highest BCUT2D eigenvalue weighted by Gasteiger charge is 2.11. The van der Waals surface area contributed by atoms with Crippen molar-refractivity contribution in [1.29, 1.82) is 0 Å². The number of pyridine rings is 2. The van der Waals surface area contributed by atoms with Crippen molar-refractivity contribution in [2.24, 2.45) is 0 Å². The molecule has 4 nitrogen and oxygen atoms in total. The first-order valence-corrected chi connectivity index (χ1v) is 4.91. The minimum Gasteiger partial charge on any atom is -1.00 e. The Morgan fingerprint density at radius 1 is 1.12 bits per heavy atom. The van der Waals surface area contributed by atoms with E-state index >= 15 is 0 Å². The molecule has 0 aliphatic heterocycles. The van der Waals surface area contributed by atoms with E-state index in [1.165, 1.54) is 6.07 Å². The molecule has 0 atom stereocenters. The average molecular weight is 249 g/mol. The Balaban J connectivity index is 0.00000108. The van der Waals surface area contributed by atoms with Crippen LogP contribution in [0.5, 0.6) is 5.75 Å². The van der Waals surface area contributed by atoms with Gasteiger partial charge in [0, 0.05) is 18.3 Å². The van der Waals surface area contributed by atoms with E-state index in [1.807, 2.05) is 0 Å². The number of rotatable bonds is 0. The van der Waals surface area contributed by atoms with Gasteiger partial charge < -0.3 is 22.5 Å². The number of H-pyrrole nitrogens is 2. The van der Waals surface area contributed by atoms with Crippen molar-refractivity contribution < 1.29 is 22.5 Å². The maximum absolute atomic E-state index is 11.6. The van der Waals surface area contributed by atoms with Crippen LogP contribution in [0.25, 0.3) is 21.8 Å². The Morgan fingerprint density at radius 2 is 1.88 bits per heavy atom. The first-order chi connectivity index (χ1) is 7.77. The van der Waals surface area contributed by atoms with Gasteiger partial charge in [-0.2, -0.15) is 0 Å². The highest BCUT2D eigenvalue weighted by Crippen LogP contribution is 2.24. The van der Waals surface area contributed by atoms with Crippen LogP contribution in [-0.2, 0) is 0 Å². The molecule has 3 aromatic rings. The summed E-state index contributed by atoms with van der Waals surface area (Å²) in [6, 6.07) is 6.51. The lowest BCUT2D eigenvalue weighted by Gasteiger charge is -1.99. The van der Waals surface area contributed by atoms with Crippen LogP contribution >= 0.6 is 0 Å². The van der Waals surface area contributed by atoms with Crippen molar-refractivity contribution in [3.63, 3.8) is 0 Å². The lowest BCUT2D eigenvalue weighted by molar-refractivity contribution is -0.343. The topological polar surface area (TPSA) is 67.2 Å². The van der Waals surface area contributed by atoms with Crippen molar-refractivity contribution >= 4 is 21.8 Å². The molecule has 0 saturated heterocycles. The molecule has 0 spiro atoms. The van der Waals surface area contributed by atoms with Gasteiger partial charge in [0.1, 0.15) is 11.3 Å². The summed E-state index contributed by atoms with van der Waals surface area (Å²) in [6.45, 7) is 0. The van der Waals surface area contributed by atoms with Crippen LogP contribution in [0.2, 0.25) is 0 Å². The molecule has 0 fully saturated rings. The Morgan fingerprint density at radius 3 is 2.71 bits per heavy atom. The monoisotopic (exact) mass is 248 g/mol. The van der Waals surface area contributed by atoms with Gasteiger partial charge in [0.2, 0.25) is 5.52 Å². The minimum absolute atomic E-state index is 0. The SMILES string of the molecule is O=c1cc[nH]c2c1ccc1c(O)cc[nH+]c12.[Cl-]. The van der Waals surface area contributed by atoms with Crippen molar-refractivity contribution in [3.05, 3.63) is 46.9 Å². The second-order valence-electron chi connectivity index (χ2n) is 3.62. The summed E-state index contributed by atoms with van der Waals surface area (Å²) < 4.78 is 0. The Labute approximate surface area is 102 Å². The smallest absolute Gasteiger partial charge is 0.239 e. The van der Waals surface area contributed by atoms with Gasteiger partial charge in [-0.15, -0.1) is 0 Å². The number of aromatic hydroxyl groups is 1. The predicted octanol–water partition coefficient (Wildman–Crippen LogP) is -1.79. The molecule has 0 radical (unpaired) electrons. The Hall–Kier alpha value is -2.07. The standard InChI is InChI=1S/C12H8N2O2.ClH/c15-9-3-5-13-11-7(9)1-2-8-10(16)4-6-14-12(8)11;/h1-6H,(H,13,15)(H,14,16);1H. The van der Waals surface area contributed by atoms with E-state index in [1.54, 1.807) is 30.6 Å². The van der Waals surface area contributed by atoms with E-state index in [-0.39, 0.29) is 23.6 Å². The molecule has 3 N–H and O–H groups in total. The second-order valence-corrected chi connectivity index (χ2v) is 3.62. The zero-order valence-corrected chi connectivity index (χ0v) is 9.45. The fraction of sp³-hybridized carbons (Fsp3) is 0. The van der Waals surface area contributed by atoms with Gasteiger partial charge in [-0.05, 0) is 12.1 Å². The molecule has 0 unspecified atom stereocenters. The van der Waals surface area contributed by atoms with E-state index in [4.69, 9.17) is 0 Å². The van der Waals surface area contributed by atoms with Crippen molar-refractivity contribution in [2.75, 3.05) is 0 Å². The summed E-state index contributed by atoms with van der Waals surface area (Å²) in [5.74, 6) is 0.195. The molecule has 3 rings (SSSR count). The fourth-order valence-corrected chi connectivity index (χ4v) is 1.91. The van der Waals surface area contributed by atoms with Gasteiger partial charge in [-0.25, -0.2) is 4.98 Å². The lowest BCUT2D eigenvalue weighted by atomic mass is 10.1. The number of benzene rings is 1. The third-order valence-electron chi connectivity index (χ3n) is 2.68. The molecule has 0 aliphatic carbocycles. The molecule has 5 heteroatoms. The van der Waals surface area contributed by atoms with Crippen LogP contribution in [0.1, 0.15) is 0 Å². The third-order valence-corrected chi connectivity index (χ3v) is 2.68. The van der Waals surface area contributed by atoms with Gasteiger partial charge in [-0.1, -0.05) is 0 Å². The van der Waals surface area contributed by atoms with Crippen LogP contribution in [0.3, 0.4) is 0 Å². The molecule has 0 saturated carbocycles. The quantitative estimate of drug-likeness (QED) is 0.461. The molecule has 86 valence electrons. The summed E-state index contributed by atoms with van der Waals surface area (Å²) in [6.07, 6.45) is 3.24. The fourth-order valence-electron chi connectivity index (χ4n) is 1.91. The van der Waals surface area contributed by atoms with E-state index < -0.39 is 0 Å². The summed E-state index contributed by atoms with van der Waals surface area (Å²) in [5, 5.41) is 11.0. The zero-order valence-electron chi connectivity index (χ0n) is 8.70. The molecule has 17 heavy (non-hydrogen) atoms. The van der Waals surface area contributed by atoms with E-state index in [9.17, 15) is 9.90 Å². The number of halogens is 1. The van der Waals surface area contributed by atoms with Crippen LogP contribution in [-0.4, -0.2) is 10.1 Å². The van der Waals surface area contributed by atoms with Gasteiger partial charge in [-0.3, -0.25) is 4.79 Å². The van der Waals surface area contributed by atoms with Crippen molar-refractivity contribution in [2.45, 2.75) is 0 Å². The van der Waals surface area contributed by atoms with Crippen LogP contribution < -0.4 is 22.8 Å². The highest BCUT2D eigenvalue weighted by atomic mass is 35.5. The number of hydrogen-bond acceptors (Lipinski definition) is 2. The highest BCUT2D eigenvalue weighted by molar-refractivity contribution is 6.02. The first kappa shape index (κ1) is 11.4. The zero-order chi connectivity index (χ0) is 11.1. The molecular weight excluding hydrogens is 240 g/mol. The van der Waals surface area contributed by atoms with Crippen LogP contribution in [0.4, 0.5) is 0 Å². The Kier molecular flexibility index (Phi) is 2.73. The lowest BCUT2D eigenvalue weighted by Crippen LogP contribution is -3.00. The maximum atomic E-state index is 11.6. The van der Waals surface area contributed by atoms with E-state index in [0.717, 1.165) is 5.52 Å². The molecule has 0 amide bonds.